The zero-order chi connectivity index (χ0) is 28.3. The maximum absolute atomic E-state index is 6.15. The molecule has 0 aliphatic carbocycles. The van der Waals surface area contributed by atoms with Crippen LogP contribution in [0.1, 0.15) is 11.1 Å². The van der Waals surface area contributed by atoms with Crippen LogP contribution in [0.3, 0.4) is 0 Å². The molecule has 0 fully saturated rings. The van der Waals surface area contributed by atoms with E-state index in [2.05, 4.69) is 103 Å². The third kappa shape index (κ3) is 5.17. The van der Waals surface area contributed by atoms with E-state index in [1.165, 1.54) is 0 Å². The number of H-pyrrole nitrogens is 2. The van der Waals surface area contributed by atoms with Crippen molar-refractivity contribution in [3.05, 3.63) is 108 Å². The van der Waals surface area contributed by atoms with E-state index in [-0.39, 0.29) is 0 Å². The standard InChI is InChI=1S/C34H32N6O/c1-35-33(36-2)25-7-5-23-17-29(39-31(23)19-25)21-9-13-27(14-10-21)41-28-15-11-22(12-16-28)30-18-24-6-8-26(20-32(24)40-30)34(37-3)38-4/h5-20,39-40H,1-4H3,(H,35,36)(H,37,38). The highest BCUT2D eigenvalue weighted by Gasteiger charge is 2.09. The Hall–Kier alpha value is -5.30. The molecule has 0 aliphatic heterocycles. The summed E-state index contributed by atoms with van der Waals surface area (Å²) < 4.78 is 6.15. The monoisotopic (exact) mass is 540 g/mol. The van der Waals surface area contributed by atoms with E-state index in [4.69, 9.17) is 4.74 Å². The molecular weight excluding hydrogens is 508 g/mol. The minimum Gasteiger partial charge on any atom is -0.457 e. The van der Waals surface area contributed by atoms with Gasteiger partial charge in [-0.3, -0.25) is 9.98 Å². The van der Waals surface area contributed by atoms with E-state index in [0.717, 1.165) is 78.6 Å². The molecule has 0 amide bonds. The van der Waals surface area contributed by atoms with Crippen LogP contribution in [-0.2, 0) is 0 Å². The van der Waals surface area contributed by atoms with Crippen molar-refractivity contribution < 1.29 is 4.74 Å². The summed E-state index contributed by atoms with van der Waals surface area (Å²) in [4.78, 5) is 15.7. The number of nitrogens with one attached hydrogen (secondary N) is 4. The highest BCUT2D eigenvalue weighted by molar-refractivity contribution is 6.02. The fourth-order valence-electron chi connectivity index (χ4n) is 5.17. The lowest BCUT2D eigenvalue weighted by Gasteiger charge is -2.07. The second-order valence-corrected chi connectivity index (χ2v) is 9.77. The molecule has 7 nitrogen and oxygen atoms in total. The Labute approximate surface area is 239 Å². The summed E-state index contributed by atoms with van der Waals surface area (Å²) in [5.74, 6) is 3.29. The Morgan fingerprint density at radius 2 is 0.976 bits per heavy atom. The molecule has 0 aliphatic rings. The Morgan fingerprint density at radius 1 is 0.561 bits per heavy atom. The molecule has 6 aromatic rings. The number of aliphatic imine (C=N–C) groups is 2. The highest BCUT2D eigenvalue weighted by Crippen LogP contribution is 2.30. The number of aromatic nitrogens is 2. The molecule has 0 spiro atoms. The van der Waals surface area contributed by atoms with Crippen molar-refractivity contribution in [2.75, 3.05) is 28.2 Å². The predicted molar refractivity (Wildman–Crippen MR) is 171 cm³/mol. The molecule has 4 aromatic carbocycles. The van der Waals surface area contributed by atoms with Crippen molar-refractivity contribution in [3.8, 4) is 34.0 Å². The lowest BCUT2D eigenvalue weighted by Crippen LogP contribution is -2.19. The van der Waals surface area contributed by atoms with Crippen LogP contribution in [0.5, 0.6) is 11.5 Å². The van der Waals surface area contributed by atoms with Crippen LogP contribution in [0.15, 0.2) is 107 Å². The Kier molecular flexibility index (Phi) is 7.00. The molecule has 41 heavy (non-hydrogen) atoms. The second kappa shape index (κ2) is 11.1. The molecule has 0 unspecified atom stereocenters. The zero-order valence-corrected chi connectivity index (χ0v) is 23.5. The normalized spacial score (nSPS) is 12.2. The summed E-state index contributed by atoms with van der Waals surface area (Å²) in [5.41, 5.74) is 8.55. The minimum atomic E-state index is 0.786. The van der Waals surface area contributed by atoms with Gasteiger partial charge < -0.3 is 25.3 Å². The largest absolute Gasteiger partial charge is 0.457 e. The van der Waals surface area contributed by atoms with Gasteiger partial charge in [-0.25, -0.2) is 0 Å². The Balaban J connectivity index is 1.16. The summed E-state index contributed by atoms with van der Waals surface area (Å²) >= 11 is 0. The first-order valence-corrected chi connectivity index (χ1v) is 13.5. The van der Waals surface area contributed by atoms with Gasteiger partial charge in [-0.2, -0.15) is 0 Å². The SMILES string of the molecule is CN=C(NC)c1ccc2cc(-c3ccc(Oc4ccc(-c5cc6ccc(C(=NC)NC)cc6[nH]5)cc4)cc3)[nH]c2c1. The van der Waals surface area contributed by atoms with Crippen molar-refractivity contribution in [1.29, 1.82) is 0 Å². The molecule has 4 N–H and O–H groups in total. The van der Waals surface area contributed by atoms with Crippen LogP contribution in [0.2, 0.25) is 0 Å². The lowest BCUT2D eigenvalue weighted by molar-refractivity contribution is 0.483. The van der Waals surface area contributed by atoms with Gasteiger partial charge in [0.1, 0.15) is 23.2 Å². The van der Waals surface area contributed by atoms with E-state index in [9.17, 15) is 0 Å². The number of rotatable bonds is 6. The lowest BCUT2D eigenvalue weighted by atomic mass is 10.1. The van der Waals surface area contributed by atoms with Crippen LogP contribution in [-0.4, -0.2) is 49.8 Å². The molecule has 0 radical (unpaired) electrons. The van der Waals surface area contributed by atoms with Gasteiger partial charge in [0.2, 0.25) is 0 Å². The Bertz CT molecular complexity index is 1750. The van der Waals surface area contributed by atoms with Crippen molar-refractivity contribution >= 4 is 33.5 Å². The van der Waals surface area contributed by atoms with Crippen molar-refractivity contribution in [2.24, 2.45) is 9.98 Å². The number of hydrogen-bond donors (Lipinski definition) is 4. The van der Waals surface area contributed by atoms with Gasteiger partial charge in [0.15, 0.2) is 0 Å². The second-order valence-electron chi connectivity index (χ2n) is 9.77. The van der Waals surface area contributed by atoms with E-state index in [1.807, 2.05) is 38.4 Å². The van der Waals surface area contributed by atoms with Crippen LogP contribution in [0.4, 0.5) is 0 Å². The fourth-order valence-corrected chi connectivity index (χ4v) is 5.17. The average molecular weight is 541 g/mol. The van der Waals surface area contributed by atoms with Gasteiger partial charge in [0.25, 0.3) is 0 Å². The van der Waals surface area contributed by atoms with Crippen molar-refractivity contribution in [2.45, 2.75) is 0 Å². The van der Waals surface area contributed by atoms with Gasteiger partial charge in [-0.1, -0.05) is 24.3 Å². The van der Waals surface area contributed by atoms with Crippen LogP contribution in [0, 0.1) is 0 Å². The van der Waals surface area contributed by atoms with E-state index >= 15 is 0 Å². The summed E-state index contributed by atoms with van der Waals surface area (Å²) in [6.07, 6.45) is 0. The molecular formula is C34H32N6O. The molecule has 204 valence electrons. The molecule has 0 saturated carbocycles. The number of nitrogens with zero attached hydrogens (tertiary/aromatic N) is 2. The minimum absolute atomic E-state index is 0.786. The topological polar surface area (TPSA) is 89.6 Å². The molecule has 7 heteroatoms. The highest BCUT2D eigenvalue weighted by atomic mass is 16.5. The van der Waals surface area contributed by atoms with E-state index in [0.29, 0.717) is 0 Å². The molecule has 2 heterocycles. The van der Waals surface area contributed by atoms with E-state index in [1.54, 1.807) is 14.1 Å². The van der Waals surface area contributed by atoms with Crippen LogP contribution in [0.25, 0.3) is 44.3 Å². The smallest absolute Gasteiger partial charge is 0.127 e. The summed E-state index contributed by atoms with van der Waals surface area (Å²) in [6, 6.07) is 33.2. The van der Waals surface area contributed by atoms with Crippen molar-refractivity contribution in [1.82, 2.24) is 20.6 Å². The van der Waals surface area contributed by atoms with Gasteiger partial charge >= 0.3 is 0 Å². The van der Waals surface area contributed by atoms with Crippen LogP contribution >= 0.6 is 0 Å². The first-order chi connectivity index (χ1) is 20.1. The van der Waals surface area contributed by atoms with Gasteiger partial charge in [0.05, 0.1) is 0 Å². The molecule has 2 aromatic heterocycles. The number of fused-ring (bicyclic) bond motifs is 2. The fraction of sp³-hybridized carbons (Fsp3) is 0.118. The average Bonchev–Trinajstić information content (AvgIpc) is 3.63. The van der Waals surface area contributed by atoms with Gasteiger partial charge in [-0.05, 0) is 83.9 Å². The van der Waals surface area contributed by atoms with Crippen molar-refractivity contribution in [3.63, 3.8) is 0 Å². The van der Waals surface area contributed by atoms with Crippen LogP contribution < -0.4 is 15.4 Å². The maximum atomic E-state index is 6.15. The predicted octanol–water partition coefficient (Wildman–Crippen LogP) is 6.97. The number of ether oxygens (including phenoxy) is 1. The molecule has 0 saturated heterocycles. The molecule has 0 bridgehead atoms. The summed E-state index contributed by atoms with van der Waals surface area (Å²) in [7, 11) is 7.34. The third-order valence-corrected chi connectivity index (χ3v) is 7.28. The van der Waals surface area contributed by atoms with Gasteiger partial charge in [-0.15, -0.1) is 0 Å². The number of amidine groups is 2. The third-order valence-electron chi connectivity index (χ3n) is 7.28. The summed E-state index contributed by atoms with van der Waals surface area (Å²) in [6.45, 7) is 0. The number of benzene rings is 4. The molecule has 0 atom stereocenters. The van der Waals surface area contributed by atoms with E-state index < -0.39 is 0 Å². The number of aromatic amines is 2. The zero-order valence-electron chi connectivity index (χ0n) is 23.5. The summed E-state index contributed by atoms with van der Waals surface area (Å²) in [5, 5.41) is 8.59. The number of hydrogen-bond acceptors (Lipinski definition) is 3. The first kappa shape index (κ1) is 26.0. The molecule has 6 rings (SSSR count). The maximum Gasteiger partial charge on any atom is 0.127 e. The quantitative estimate of drug-likeness (QED) is 0.136. The van der Waals surface area contributed by atoms with Gasteiger partial charge in [0, 0.05) is 72.5 Å². The Morgan fingerprint density at radius 3 is 1.34 bits per heavy atom. The first-order valence-electron chi connectivity index (χ1n) is 13.5.